The van der Waals surface area contributed by atoms with Crippen molar-refractivity contribution in [3.8, 4) is 5.75 Å². The molecule has 0 bridgehead atoms. The summed E-state index contributed by atoms with van der Waals surface area (Å²) in [5, 5.41) is 9.27. The summed E-state index contributed by atoms with van der Waals surface area (Å²) in [4.78, 5) is 14.3. The molecule has 6 heteroatoms. The number of hydrogen-bond acceptors (Lipinski definition) is 4. The first-order chi connectivity index (χ1) is 10.5. The van der Waals surface area contributed by atoms with Gasteiger partial charge in [-0.1, -0.05) is 36.1 Å². The van der Waals surface area contributed by atoms with E-state index in [9.17, 15) is 14.3 Å². The number of halogens is 1. The highest BCUT2D eigenvalue weighted by Crippen LogP contribution is 2.36. The third kappa shape index (κ3) is 2.88. The van der Waals surface area contributed by atoms with Crippen LogP contribution in [0.25, 0.3) is 6.08 Å². The number of phenolic OH excluding ortho intramolecular Hbond substituents is 1. The van der Waals surface area contributed by atoms with E-state index in [0.29, 0.717) is 14.9 Å². The molecule has 110 valence electrons. The summed E-state index contributed by atoms with van der Waals surface area (Å²) in [6.07, 6.45) is 1.71. The number of benzene rings is 2. The molecule has 0 aromatic heterocycles. The molecule has 2 aromatic carbocycles. The lowest BCUT2D eigenvalue weighted by molar-refractivity contribution is -0.113. The van der Waals surface area contributed by atoms with Gasteiger partial charge in [-0.3, -0.25) is 9.69 Å². The van der Waals surface area contributed by atoms with Gasteiger partial charge in [0.05, 0.1) is 10.6 Å². The second-order valence-electron chi connectivity index (χ2n) is 4.59. The monoisotopic (exact) mass is 331 g/mol. The largest absolute Gasteiger partial charge is 0.508 e. The van der Waals surface area contributed by atoms with Crippen molar-refractivity contribution in [1.82, 2.24) is 0 Å². The summed E-state index contributed by atoms with van der Waals surface area (Å²) in [5.41, 5.74) is 1.33. The lowest BCUT2D eigenvalue weighted by atomic mass is 10.2. The number of nitrogens with zero attached hydrogens (tertiary/aromatic N) is 1. The van der Waals surface area contributed by atoms with E-state index in [1.807, 2.05) is 0 Å². The zero-order chi connectivity index (χ0) is 15.7. The lowest BCUT2D eigenvalue weighted by Gasteiger charge is -2.14. The van der Waals surface area contributed by atoms with Gasteiger partial charge >= 0.3 is 0 Å². The topological polar surface area (TPSA) is 40.5 Å². The van der Waals surface area contributed by atoms with E-state index in [1.54, 1.807) is 30.3 Å². The number of thiocarbonyl (C=S) groups is 1. The number of rotatable bonds is 2. The lowest BCUT2D eigenvalue weighted by Crippen LogP contribution is -2.27. The molecule has 1 aliphatic rings. The first-order valence-electron chi connectivity index (χ1n) is 6.37. The van der Waals surface area contributed by atoms with Crippen LogP contribution in [0.2, 0.25) is 0 Å². The highest BCUT2D eigenvalue weighted by Gasteiger charge is 2.33. The van der Waals surface area contributed by atoms with Gasteiger partial charge in [0.2, 0.25) is 0 Å². The standard InChI is InChI=1S/C16H10FNO2S2/c17-11-3-5-12(6-4-11)18-15(20)14(22-16(18)21)9-10-1-7-13(19)8-2-10/h1-9,19H. The number of carbonyl (C=O) groups excluding carboxylic acids is 1. The molecule has 22 heavy (non-hydrogen) atoms. The van der Waals surface area contributed by atoms with E-state index in [1.165, 1.54) is 40.9 Å². The van der Waals surface area contributed by atoms with Crippen molar-refractivity contribution in [2.45, 2.75) is 0 Å². The number of phenols is 1. The van der Waals surface area contributed by atoms with Crippen LogP contribution in [0, 0.1) is 5.82 Å². The van der Waals surface area contributed by atoms with E-state index in [-0.39, 0.29) is 17.5 Å². The third-order valence-electron chi connectivity index (χ3n) is 3.07. The van der Waals surface area contributed by atoms with Crippen LogP contribution in [0.15, 0.2) is 53.4 Å². The van der Waals surface area contributed by atoms with Crippen molar-refractivity contribution in [2.24, 2.45) is 0 Å². The Hall–Kier alpha value is -2.18. The molecule has 3 rings (SSSR count). The van der Waals surface area contributed by atoms with E-state index in [0.717, 1.165) is 5.56 Å². The Balaban J connectivity index is 1.91. The van der Waals surface area contributed by atoms with Crippen molar-refractivity contribution in [3.05, 3.63) is 64.8 Å². The SMILES string of the molecule is O=C1C(=Cc2ccc(O)cc2)SC(=S)N1c1ccc(F)cc1. The molecular formula is C16H10FNO2S2. The molecule has 0 unspecified atom stereocenters. The predicted octanol–water partition coefficient (Wildman–Crippen LogP) is 3.94. The molecule has 3 nitrogen and oxygen atoms in total. The smallest absolute Gasteiger partial charge is 0.270 e. The van der Waals surface area contributed by atoms with Crippen LogP contribution >= 0.6 is 24.0 Å². The Morgan fingerprint density at radius 3 is 2.36 bits per heavy atom. The van der Waals surface area contributed by atoms with Crippen molar-refractivity contribution in [2.75, 3.05) is 4.90 Å². The molecular weight excluding hydrogens is 321 g/mol. The van der Waals surface area contributed by atoms with Gasteiger partial charge in [0.15, 0.2) is 4.32 Å². The molecule has 0 saturated carbocycles. The minimum absolute atomic E-state index is 0.163. The third-order valence-corrected chi connectivity index (χ3v) is 4.37. The van der Waals surface area contributed by atoms with Gasteiger partial charge in [-0.2, -0.15) is 0 Å². The van der Waals surface area contributed by atoms with Crippen LogP contribution in [0.4, 0.5) is 10.1 Å². The van der Waals surface area contributed by atoms with Crippen LogP contribution in [0.1, 0.15) is 5.56 Å². The fraction of sp³-hybridized carbons (Fsp3) is 0. The van der Waals surface area contributed by atoms with Crippen LogP contribution in [0.3, 0.4) is 0 Å². The van der Waals surface area contributed by atoms with Crippen LogP contribution in [-0.2, 0) is 4.79 Å². The average molecular weight is 331 g/mol. The van der Waals surface area contributed by atoms with Gasteiger partial charge in [-0.05, 0) is 48.0 Å². The van der Waals surface area contributed by atoms with E-state index < -0.39 is 0 Å². The Bertz CT molecular complexity index is 770. The van der Waals surface area contributed by atoms with Crippen molar-refractivity contribution in [3.63, 3.8) is 0 Å². The van der Waals surface area contributed by atoms with Gasteiger partial charge in [0.25, 0.3) is 5.91 Å². The molecule has 0 radical (unpaired) electrons. The Morgan fingerprint density at radius 1 is 1.09 bits per heavy atom. The summed E-state index contributed by atoms with van der Waals surface area (Å²) >= 11 is 6.43. The molecule has 1 heterocycles. The summed E-state index contributed by atoms with van der Waals surface area (Å²) in [6, 6.07) is 12.1. The summed E-state index contributed by atoms with van der Waals surface area (Å²) < 4.78 is 13.4. The van der Waals surface area contributed by atoms with Gasteiger partial charge in [0, 0.05) is 0 Å². The van der Waals surface area contributed by atoms with Gasteiger partial charge in [-0.25, -0.2) is 4.39 Å². The average Bonchev–Trinajstić information content (AvgIpc) is 2.77. The van der Waals surface area contributed by atoms with Crippen molar-refractivity contribution < 1.29 is 14.3 Å². The molecule has 0 aliphatic carbocycles. The fourth-order valence-electron chi connectivity index (χ4n) is 2.00. The van der Waals surface area contributed by atoms with Crippen LogP contribution in [0.5, 0.6) is 5.75 Å². The zero-order valence-corrected chi connectivity index (χ0v) is 12.8. The molecule has 1 fully saturated rings. The summed E-state index contributed by atoms with van der Waals surface area (Å²) in [7, 11) is 0. The maximum absolute atomic E-state index is 13.0. The number of thioether (sulfide) groups is 1. The van der Waals surface area contributed by atoms with E-state index in [2.05, 4.69) is 0 Å². The second-order valence-corrected chi connectivity index (χ2v) is 6.26. The van der Waals surface area contributed by atoms with Crippen LogP contribution < -0.4 is 4.90 Å². The molecule has 1 saturated heterocycles. The van der Waals surface area contributed by atoms with Crippen molar-refractivity contribution in [1.29, 1.82) is 0 Å². The summed E-state index contributed by atoms with van der Waals surface area (Å²) in [6.45, 7) is 0. The maximum Gasteiger partial charge on any atom is 0.270 e. The Kier molecular flexibility index (Phi) is 3.96. The Morgan fingerprint density at radius 2 is 1.73 bits per heavy atom. The molecule has 0 atom stereocenters. The summed E-state index contributed by atoms with van der Waals surface area (Å²) in [5.74, 6) is -0.445. The molecule has 2 aromatic rings. The number of amides is 1. The second kappa shape index (κ2) is 5.90. The number of aromatic hydroxyl groups is 1. The van der Waals surface area contributed by atoms with Gasteiger partial charge < -0.3 is 5.11 Å². The first kappa shape index (κ1) is 14.7. The molecule has 0 spiro atoms. The molecule has 1 N–H and O–H groups in total. The highest BCUT2D eigenvalue weighted by molar-refractivity contribution is 8.27. The maximum atomic E-state index is 13.0. The number of anilines is 1. The highest BCUT2D eigenvalue weighted by atomic mass is 32.2. The van der Waals surface area contributed by atoms with Crippen LogP contribution in [-0.4, -0.2) is 15.3 Å². The van der Waals surface area contributed by atoms with E-state index in [4.69, 9.17) is 12.2 Å². The number of carbonyl (C=O) groups is 1. The first-order valence-corrected chi connectivity index (χ1v) is 7.59. The zero-order valence-electron chi connectivity index (χ0n) is 11.2. The minimum atomic E-state index is -0.367. The number of hydrogen-bond donors (Lipinski definition) is 1. The normalized spacial score (nSPS) is 16.6. The van der Waals surface area contributed by atoms with Gasteiger partial charge in [0.1, 0.15) is 11.6 Å². The minimum Gasteiger partial charge on any atom is -0.508 e. The quantitative estimate of drug-likeness (QED) is 0.668. The molecule has 1 aliphatic heterocycles. The van der Waals surface area contributed by atoms with Crippen molar-refractivity contribution >= 4 is 46.0 Å². The Labute approximate surface area is 136 Å². The predicted molar refractivity (Wildman–Crippen MR) is 90.2 cm³/mol. The molecule has 1 amide bonds. The van der Waals surface area contributed by atoms with E-state index >= 15 is 0 Å². The fourth-order valence-corrected chi connectivity index (χ4v) is 3.30. The van der Waals surface area contributed by atoms with Gasteiger partial charge in [-0.15, -0.1) is 0 Å².